The molecule has 94 valence electrons. The first-order valence-corrected chi connectivity index (χ1v) is 6.80. The van der Waals surface area contributed by atoms with E-state index in [1.807, 2.05) is 12.1 Å². The molecule has 0 saturated carbocycles. The van der Waals surface area contributed by atoms with Crippen LogP contribution in [0.15, 0.2) is 24.3 Å². The van der Waals surface area contributed by atoms with E-state index in [-0.39, 0.29) is 0 Å². The number of aliphatic hydroxyl groups excluding tert-OH is 1. The van der Waals surface area contributed by atoms with Gasteiger partial charge in [0.15, 0.2) is 0 Å². The van der Waals surface area contributed by atoms with E-state index in [1.165, 1.54) is 18.4 Å². The third kappa shape index (κ3) is 3.21. The van der Waals surface area contributed by atoms with Gasteiger partial charge >= 0.3 is 0 Å². The second-order valence-electron chi connectivity index (χ2n) is 4.65. The number of hydrogen-bond donors (Lipinski definition) is 1. The van der Waals surface area contributed by atoms with Crippen molar-refractivity contribution in [3.8, 4) is 0 Å². The highest BCUT2D eigenvalue weighted by Crippen LogP contribution is 2.35. The van der Waals surface area contributed by atoms with E-state index in [4.69, 9.17) is 16.7 Å². The van der Waals surface area contributed by atoms with Gasteiger partial charge in [-0.05, 0) is 50.4 Å². The monoisotopic (exact) mass is 253 g/mol. The Balaban J connectivity index is 2.02. The highest BCUT2D eigenvalue weighted by atomic mass is 35.5. The summed E-state index contributed by atoms with van der Waals surface area (Å²) >= 11 is 6.26. The normalized spacial score (nSPS) is 20.9. The molecule has 1 N–H and O–H groups in total. The molecule has 17 heavy (non-hydrogen) atoms. The number of halogens is 1. The van der Waals surface area contributed by atoms with Crippen molar-refractivity contribution < 1.29 is 5.11 Å². The molecule has 0 aromatic heterocycles. The molecule has 0 aliphatic carbocycles. The Bertz CT molecular complexity index is 356. The van der Waals surface area contributed by atoms with Crippen LogP contribution in [0.5, 0.6) is 0 Å². The van der Waals surface area contributed by atoms with E-state index in [2.05, 4.69) is 17.0 Å². The maximum atomic E-state index is 8.83. The zero-order chi connectivity index (χ0) is 12.1. The van der Waals surface area contributed by atoms with Gasteiger partial charge in [-0.25, -0.2) is 0 Å². The summed E-state index contributed by atoms with van der Waals surface area (Å²) in [4.78, 5) is 2.50. The molecule has 1 aromatic carbocycles. The SMILES string of the molecule is OCCCCN1CCCC1c1ccccc1Cl. The van der Waals surface area contributed by atoms with Crippen LogP contribution in [0.2, 0.25) is 5.02 Å². The first kappa shape index (κ1) is 12.9. The number of likely N-dealkylation sites (tertiary alicyclic amines) is 1. The fraction of sp³-hybridized carbons (Fsp3) is 0.571. The first-order chi connectivity index (χ1) is 8.33. The zero-order valence-corrected chi connectivity index (χ0v) is 10.9. The lowest BCUT2D eigenvalue weighted by atomic mass is 10.0. The summed E-state index contributed by atoms with van der Waals surface area (Å²) in [6, 6.07) is 8.63. The van der Waals surface area contributed by atoms with Gasteiger partial charge in [-0.2, -0.15) is 0 Å². The summed E-state index contributed by atoms with van der Waals surface area (Å²) in [5.74, 6) is 0. The maximum absolute atomic E-state index is 8.83. The van der Waals surface area contributed by atoms with Crippen LogP contribution in [0.4, 0.5) is 0 Å². The molecular weight excluding hydrogens is 234 g/mol. The molecule has 0 amide bonds. The quantitative estimate of drug-likeness (QED) is 0.815. The Kier molecular flexibility index (Phi) is 4.84. The van der Waals surface area contributed by atoms with Gasteiger partial charge in [0.25, 0.3) is 0 Å². The third-order valence-corrected chi connectivity index (χ3v) is 3.83. The van der Waals surface area contributed by atoms with Crippen molar-refractivity contribution in [2.45, 2.75) is 31.7 Å². The van der Waals surface area contributed by atoms with E-state index in [1.54, 1.807) is 0 Å². The summed E-state index contributed by atoms with van der Waals surface area (Å²) in [6.45, 7) is 2.52. The number of unbranched alkanes of at least 4 members (excludes halogenated alkanes) is 1. The van der Waals surface area contributed by atoms with Gasteiger partial charge < -0.3 is 5.11 Å². The van der Waals surface area contributed by atoms with E-state index >= 15 is 0 Å². The standard InChI is InChI=1S/C14H20ClNO/c15-13-7-2-1-6-12(13)14-8-5-10-16(14)9-3-4-11-17/h1-2,6-7,14,17H,3-5,8-11H2. The highest BCUT2D eigenvalue weighted by molar-refractivity contribution is 6.31. The van der Waals surface area contributed by atoms with Crippen molar-refractivity contribution in [1.82, 2.24) is 4.90 Å². The average molecular weight is 254 g/mol. The van der Waals surface area contributed by atoms with Crippen LogP contribution in [0.3, 0.4) is 0 Å². The van der Waals surface area contributed by atoms with Gasteiger partial charge in [0.1, 0.15) is 0 Å². The Morgan fingerprint density at radius 2 is 2.12 bits per heavy atom. The minimum atomic E-state index is 0.296. The smallest absolute Gasteiger partial charge is 0.0453 e. The predicted octanol–water partition coefficient (Wildman–Crippen LogP) is 3.25. The third-order valence-electron chi connectivity index (χ3n) is 3.48. The van der Waals surface area contributed by atoms with Crippen LogP contribution in [-0.4, -0.2) is 29.7 Å². The molecule has 0 bridgehead atoms. The summed E-state index contributed by atoms with van der Waals surface area (Å²) in [6.07, 6.45) is 4.40. The van der Waals surface area contributed by atoms with E-state index in [0.29, 0.717) is 12.6 Å². The predicted molar refractivity (Wildman–Crippen MR) is 71.3 cm³/mol. The first-order valence-electron chi connectivity index (χ1n) is 6.42. The topological polar surface area (TPSA) is 23.5 Å². The highest BCUT2D eigenvalue weighted by Gasteiger charge is 2.26. The van der Waals surface area contributed by atoms with Crippen LogP contribution in [0, 0.1) is 0 Å². The van der Waals surface area contributed by atoms with Crippen molar-refractivity contribution in [2.24, 2.45) is 0 Å². The molecule has 1 unspecified atom stereocenters. The second kappa shape index (κ2) is 6.39. The molecule has 1 fully saturated rings. The molecule has 3 heteroatoms. The fourth-order valence-corrected chi connectivity index (χ4v) is 2.88. The zero-order valence-electron chi connectivity index (χ0n) is 10.1. The summed E-state index contributed by atoms with van der Waals surface area (Å²) < 4.78 is 0. The molecule has 2 nitrogen and oxygen atoms in total. The Morgan fingerprint density at radius 1 is 1.29 bits per heavy atom. The molecule has 1 aliphatic rings. The number of rotatable bonds is 5. The summed E-state index contributed by atoms with van der Waals surface area (Å²) in [5, 5.41) is 9.71. The van der Waals surface area contributed by atoms with Crippen molar-refractivity contribution in [3.05, 3.63) is 34.9 Å². The number of nitrogens with zero attached hydrogens (tertiary/aromatic N) is 1. The lowest BCUT2D eigenvalue weighted by Gasteiger charge is -2.25. The summed E-state index contributed by atoms with van der Waals surface area (Å²) in [7, 11) is 0. The fourth-order valence-electron chi connectivity index (χ4n) is 2.62. The Labute approximate surface area is 108 Å². The molecule has 2 rings (SSSR count). The van der Waals surface area contributed by atoms with Crippen molar-refractivity contribution >= 4 is 11.6 Å². The molecule has 1 atom stereocenters. The Morgan fingerprint density at radius 3 is 2.88 bits per heavy atom. The van der Waals surface area contributed by atoms with Crippen LogP contribution < -0.4 is 0 Å². The lowest BCUT2D eigenvalue weighted by Crippen LogP contribution is -2.24. The van der Waals surface area contributed by atoms with Gasteiger partial charge in [0.2, 0.25) is 0 Å². The van der Waals surface area contributed by atoms with Crippen LogP contribution in [-0.2, 0) is 0 Å². The van der Waals surface area contributed by atoms with E-state index < -0.39 is 0 Å². The second-order valence-corrected chi connectivity index (χ2v) is 5.05. The number of hydrogen-bond acceptors (Lipinski definition) is 2. The minimum Gasteiger partial charge on any atom is -0.396 e. The van der Waals surface area contributed by atoms with Crippen molar-refractivity contribution in [2.75, 3.05) is 19.7 Å². The number of aliphatic hydroxyl groups is 1. The van der Waals surface area contributed by atoms with E-state index in [0.717, 1.165) is 31.0 Å². The van der Waals surface area contributed by atoms with Gasteiger partial charge in [-0.3, -0.25) is 4.90 Å². The van der Waals surface area contributed by atoms with Gasteiger partial charge in [0.05, 0.1) is 0 Å². The molecule has 1 aliphatic heterocycles. The molecule has 1 heterocycles. The van der Waals surface area contributed by atoms with Gasteiger partial charge in [0, 0.05) is 17.7 Å². The van der Waals surface area contributed by atoms with Gasteiger partial charge in [-0.1, -0.05) is 29.8 Å². The van der Waals surface area contributed by atoms with Crippen LogP contribution in [0.1, 0.15) is 37.3 Å². The van der Waals surface area contributed by atoms with Crippen molar-refractivity contribution in [1.29, 1.82) is 0 Å². The molecule has 1 aromatic rings. The van der Waals surface area contributed by atoms with Crippen LogP contribution in [0.25, 0.3) is 0 Å². The average Bonchev–Trinajstić information content (AvgIpc) is 2.78. The van der Waals surface area contributed by atoms with E-state index in [9.17, 15) is 0 Å². The Hall–Kier alpha value is -0.570. The molecule has 1 saturated heterocycles. The minimum absolute atomic E-state index is 0.296. The van der Waals surface area contributed by atoms with Crippen molar-refractivity contribution in [3.63, 3.8) is 0 Å². The molecule has 0 spiro atoms. The number of benzene rings is 1. The maximum Gasteiger partial charge on any atom is 0.0453 e. The van der Waals surface area contributed by atoms with Gasteiger partial charge in [-0.15, -0.1) is 0 Å². The summed E-state index contributed by atoms with van der Waals surface area (Å²) in [5.41, 5.74) is 1.26. The molecular formula is C14H20ClNO. The largest absolute Gasteiger partial charge is 0.396 e. The van der Waals surface area contributed by atoms with Crippen LogP contribution >= 0.6 is 11.6 Å². The lowest BCUT2D eigenvalue weighted by molar-refractivity contribution is 0.231. The molecule has 0 radical (unpaired) electrons.